The molecule has 1 aliphatic heterocycles. The van der Waals surface area contributed by atoms with Crippen LogP contribution in [-0.2, 0) is 0 Å². The molecule has 138 valence electrons. The van der Waals surface area contributed by atoms with E-state index in [-0.39, 0.29) is 24.4 Å². The van der Waals surface area contributed by atoms with Crippen molar-refractivity contribution in [3.8, 4) is 17.0 Å². The van der Waals surface area contributed by atoms with Gasteiger partial charge in [-0.25, -0.2) is 0 Å². The van der Waals surface area contributed by atoms with Crippen LogP contribution in [0.2, 0.25) is 0 Å². The molecular weight excluding hydrogens is 350 g/mol. The van der Waals surface area contributed by atoms with Crippen molar-refractivity contribution in [3.05, 3.63) is 48.2 Å². The number of nitrogens with two attached hydrogens (primary N) is 1. The van der Waals surface area contributed by atoms with E-state index in [1.807, 2.05) is 41.3 Å². The largest absolute Gasteiger partial charge is 0.496 e. The fraction of sp³-hybridized carbons (Fsp3) is 0.400. The Morgan fingerprint density at radius 3 is 2.77 bits per heavy atom. The summed E-state index contributed by atoms with van der Waals surface area (Å²) < 4.78 is 5.45. The highest BCUT2D eigenvalue weighted by Crippen LogP contribution is 2.38. The highest BCUT2D eigenvalue weighted by molar-refractivity contribution is 5.96. The Kier molecular flexibility index (Phi) is 5.49. The molecule has 1 amide bonds. The van der Waals surface area contributed by atoms with Gasteiger partial charge >= 0.3 is 0 Å². The van der Waals surface area contributed by atoms with Crippen molar-refractivity contribution in [1.82, 2.24) is 9.88 Å². The molecule has 2 aromatic rings. The molecule has 2 aliphatic rings. The monoisotopic (exact) mass is 373 g/mol. The second kappa shape index (κ2) is 7.64. The van der Waals surface area contributed by atoms with Crippen molar-refractivity contribution >= 4 is 18.3 Å². The molecule has 2 heterocycles. The van der Waals surface area contributed by atoms with E-state index in [0.717, 1.165) is 42.9 Å². The second-order valence-electron chi connectivity index (χ2n) is 7.01. The van der Waals surface area contributed by atoms with Gasteiger partial charge in [0.05, 0.1) is 12.8 Å². The zero-order valence-electron chi connectivity index (χ0n) is 14.8. The summed E-state index contributed by atoms with van der Waals surface area (Å²) in [4.78, 5) is 19.3. The Labute approximate surface area is 160 Å². The number of rotatable bonds is 3. The van der Waals surface area contributed by atoms with Gasteiger partial charge in [0.2, 0.25) is 0 Å². The van der Waals surface area contributed by atoms with E-state index in [2.05, 4.69) is 4.98 Å². The van der Waals surface area contributed by atoms with Crippen LogP contribution in [0.25, 0.3) is 11.3 Å². The molecule has 0 spiro atoms. The van der Waals surface area contributed by atoms with Gasteiger partial charge in [0.25, 0.3) is 5.91 Å². The molecule has 3 unspecified atom stereocenters. The molecule has 1 aromatic carbocycles. The summed E-state index contributed by atoms with van der Waals surface area (Å²) in [6.07, 6.45) is 3.97. The first-order chi connectivity index (χ1) is 12.2. The van der Waals surface area contributed by atoms with Gasteiger partial charge in [-0.15, -0.1) is 12.4 Å². The molecule has 1 saturated carbocycles. The summed E-state index contributed by atoms with van der Waals surface area (Å²) >= 11 is 0. The van der Waals surface area contributed by atoms with Crippen molar-refractivity contribution in [2.75, 3.05) is 20.2 Å². The van der Waals surface area contributed by atoms with Crippen molar-refractivity contribution in [2.24, 2.45) is 17.6 Å². The number of amides is 1. The number of hydrogen-bond donors (Lipinski definition) is 1. The Morgan fingerprint density at radius 1 is 1.23 bits per heavy atom. The highest BCUT2D eigenvalue weighted by atomic mass is 35.5. The topological polar surface area (TPSA) is 68.5 Å². The molecule has 2 fully saturated rings. The third-order valence-electron chi connectivity index (χ3n) is 5.59. The Morgan fingerprint density at radius 2 is 2.08 bits per heavy atom. The average Bonchev–Trinajstić information content (AvgIpc) is 3.23. The molecule has 6 heteroatoms. The van der Waals surface area contributed by atoms with Gasteiger partial charge < -0.3 is 15.4 Å². The SMILES string of the molecule is COc1ccc(C(=O)N2CC3CCC(N)C3C2)cc1-c1ccccn1.Cl. The van der Waals surface area contributed by atoms with Crippen LogP contribution in [0.4, 0.5) is 0 Å². The predicted molar refractivity (Wildman–Crippen MR) is 104 cm³/mol. The summed E-state index contributed by atoms with van der Waals surface area (Å²) in [6.45, 7) is 1.60. The number of halogens is 1. The van der Waals surface area contributed by atoms with Crippen LogP contribution < -0.4 is 10.5 Å². The zero-order valence-corrected chi connectivity index (χ0v) is 15.6. The molecule has 3 atom stereocenters. The third-order valence-corrected chi connectivity index (χ3v) is 5.59. The number of aromatic nitrogens is 1. The Bertz CT molecular complexity index is 784. The summed E-state index contributed by atoms with van der Waals surface area (Å²) in [5.74, 6) is 1.81. The first-order valence-corrected chi connectivity index (χ1v) is 8.81. The number of likely N-dealkylation sites (tertiary alicyclic amines) is 1. The molecule has 5 nitrogen and oxygen atoms in total. The number of methoxy groups -OCH3 is 1. The summed E-state index contributed by atoms with van der Waals surface area (Å²) in [6, 6.07) is 11.5. The minimum absolute atomic E-state index is 0. The smallest absolute Gasteiger partial charge is 0.253 e. The summed E-state index contributed by atoms with van der Waals surface area (Å²) in [5.41, 5.74) is 8.51. The molecule has 1 aliphatic carbocycles. The number of pyridine rings is 1. The highest BCUT2D eigenvalue weighted by Gasteiger charge is 2.42. The Balaban J connectivity index is 0.00000196. The van der Waals surface area contributed by atoms with Gasteiger partial charge in [0, 0.05) is 36.5 Å². The molecule has 4 rings (SSSR count). The summed E-state index contributed by atoms with van der Waals surface area (Å²) in [5, 5.41) is 0. The number of ether oxygens (including phenoxy) is 1. The minimum Gasteiger partial charge on any atom is -0.496 e. The maximum Gasteiger partial charge on any atom is 0.253 e. The van der Waals surface area contributed by atoms with Gasteiger partial charge in [-0.3, -0.25) is 9.78 Å². The predicted octanol–water partition coefficient (Wildman–Crippen LogP) is 2.99. The Hall–Kier alpha value is -2.11. The first kappa shape index (κ1) is 18.7. The fourth-order valence-corrected chi connectivity index (χ4v) is 4.22. The van der Waals surface area contributed by atoms with E-state index in [0.29, 0.717) is 17.4 Å². The quantitative estimate of drug-likeness (QED) is 0.898. The number of hydrogen-bond acceptors (Lipinski definition) is 4. The van der Waals surface area contributed by atoms with E-state index in [1.54, 1.807) is 13.3 Å². The normalized spacial score (nSPS) is 24.1. The van der Waals surface area contributed by atoms with Crippen LogP contribution in [0.15, 0.2) is 42.6 Å². The van der Waals surface area contributed by atoms with Crippen LogP contribution in [-0.4, -0.2) is 42.0 Å². The van der Waals surface area contributed by atoms with Gasteiger partial charge in [0.1, 0.15) is 5.75 Å². The molecule has 26 heavy (non-hydrogen) atoms. The molecule has 0 bridgehead atoms. The van der Waals surface area contributed by atoms with Crippen molar-refractivity contribution < 1.29 is 9.53 Å². The lowest BCUT2D eigenvalue weighted by Gasteiger charge is -2.19. The standard InChI is InChI=1S/C20H23N3O2.ClH/c1-25-19-8-6-13(10-15(19)18-4-2-3-9-22-18)20(24)23-11-14-5-7-17(21)16(14)12-23;/h2-4,6,8-10,14,16-17H,5,7,11-12,21H2,1H3;1H. The van der Waals surface area contributed by atoms with E-state index in [4.69, 9.17) is 10.5 Å². The first-order valence-electron chi connectivity index (χ1n) is 8.81. The lowest BCUT2D eigenvalue weighted by Crippen LogP contribution is -2.33. The minimum atomic E-state index is 0. The van der Waals surface area contributed by atoms with Crippen LogP contribution in [0.5, 0.6) is 5.75 Å². The van der Waals surface area contributed by atoms with Crippen molar-refractivity contribution in [1.29, 1.82) is 0 Å². The summed E-state index contributed by atoms with van der Waals surface area (Å²) in [7, 11) is 1.63. The third kappa shape index (κ3) is 3.29. The fourth-order valence-electron chi connectivity index (χ4n) is 4.22. The molecule has 0 radical (unpaired) electrons. The van der Waals surface area contributed by atoms with Crippen LogP contribution in [0.3, 0.4) is 0 Å². The number of nitrogens with zero attached hydrogens (tertiary/aromatic N) is 2. The van der Waals surface area contributed by atoms with Gasteiger partial charge in [-0.2, -0.15) is 0 Å². The van der Waals surface area contributed by atoms with Crippen molar-refractivity contribution in [2.45, 2.75) is 18.9 Å². The number of carbonyl (C=O) groups is 1. The maximum atomic E-state index is 13.0. The second-order valence-corrected chi connectivity index (χ2v) is 7.01. The number of benzene rings is 1. The van der Waals surface area contributed by atoms with Gasteiger partial charge in [-0.05, 0) is 55.0 Å². The molecule has 1 saturated heterocycles. The van der Waals surface area contributed by atoms with Crippen LogP contribution >= 0.6 is 12.4 Å². The van der Waals surface area contributed by atoms with Crippen molar-refractivity contribution in [3.63, 3.8) is 0 Å². The molecular formula is C20H24ClN3O2. The van der Waals surface area contributed by atoms with Crippen LogP contribution in [0.1, 0.15) is 23.2 Å². The van der Waals surface area contributed by atoms with Gasteiger partial charge in [-0.1, -0.05) is 6.07 Å². The average molecular weight is 374 g/mol. The molecule has 1 aromatic heterocycles. The van der Waals surface area contributed by atoms with Crippen LogP contribution in [0, 0.1) is 11.8 Å². The zero-order chi connectivity index (χ0) is 17.4. The lowest BCUT2D eigenvalue weighted by molar-refractivity contribution is 0.0779. The van der Waals surface area contributed by atoms with E-state index >= 15 is 0 Å². The number of carbonyl (C=O) groups excluding carboxylic acids is 1. The van der Waals surface area contributed by atoms with E-state index in [1.165, 1.54) is 0 Å². The van der Waals surface area contributed by atoms with Gasteiger partial charge in [0.15, 0.2) is 0 Å². The van der Waals surface area contributed by atoms with E-state index < -0.39 is 0 Å². The molecule has 2 N–H and O–H groups in total. The van der Waals surface area contributed by atoms with E-state index in [9.17, 15) is 4.79 Å². The number of fused-ring (bicyclic) bond motifs is 1. The maximum absolute atomic E-state index is 13.0. The lowest BCUT2D eigenvalue weighted by atomic mass is 9.98.